The SMILES string of the molecule is CCOc1ccc(NC(=O)c2ccc(OC[C@H]3CCCO3)cc2)cc1. The first-order chi connectivity index (χ1) is 12.2. The summed E-state index contributed by atoms with van der Waals surface area (Å²) in [6.45, 7) is 3.92. The van der Waals surface area contributed by atoms with Crippen LogP contribution in [0.2, 0.25) is 0 Å². The van der Waals surface area contributed by atoms with Crippen molar-refractivity contribution in [1.29, 1.82) is 0 Å². The molecular weight excluding hydrogens is 318 g/mol. The lowest BCUT2D eigenvalue weighted by molar-refractivity contribution is 0.0679. The zero-order valence-corrected chi connectivity index (χ0v) is 14.4. The molecule has 1 amide bonds. The Labute approximate surface area is 147 Å². The van der Waals surface area contributed by atoms with Gasteiger partial charge in [-0.1, -0.05) is 0 Å². The van der Waals surface area contributed by atoms with Crippen LogP contribution in [-0.2, 0) is 4.74 Å². The molecule has 1 atom stereocenters. The third kappa shape index (κ3) is 4.97. The van der Waals surface area contributed by atoms with Crippen LogP contribution in [0.5, 0.6) is 11.5 Å². The number of rotatable bonds is 7. The van der Waals surface area contributed by atoms with Crippen LogP contribution >= 0.6 is 0 Å². The lowest BCUT2D eigenvalue weighted by Crippen LogP contribution is -2.16. The summed E-state index contributed by atoms with van der Waals surface area (Å²) >= 11 is 0. The molecule has 1 N–H and O–H groups in total. The number of benzene rings is 2. The second-order valence-corrected chi connectivity index (χ2v) is 5.88. The summed E-state index contributed by atoms with van der Waals surface area (Å²) in [6, 6.07) is 14.4. The van der Waals surface area contributed by atoms with Gasteiger partial charge < -0.3 is 19.5 Å². The van der Waals surface area contributed by atoms with Gasteiger partial charge >= 0.3 is 0 Å². The Hall–Kier alpha value is -2.53. The topological polar surface area (TPSA) is 56.8 Å². The molecule has 1 aliphatic heterocycles. The fraction of sp³-hybridized carbons (Fsp3) is 0.350. The quantitative estimate of drug-likeness (QED) is 0.830. The van der Waals surface area contributed by atoms with Crippen LogP contribution < -0.4 is 14.8 Å². The summed E-state index contributed by atoms with van der Waals surface area (Å²) in [5.41, 5.74) is 1.31. The summed E-state index contributed by atoms with van der Waals surface area (Å²) in [6.07, 6.45) is 2.32. The third-order valence-corrected chi connectivity index (χ3v) is 4.00. The molecule has 2 aromatic carbocycles. The van der Waals surface area contributed by atoms with Gasteiger partial charge in [-0.05, 0) is 68.3 Å². The van der Waals surface area contributed by atoms with E-state index in [2.05, 4.69) is 5.32 Å². The molecule has 2 aromatic rings. The fourth-order valence-corrected chi connectivity index (χ4v) is 2.67. The molecule has 25 heavy (non-hydrogen) atoms. The van der Waals surface area contributed by atoms with Gasteiger partial charge in [-0.25, -0.2) is 0 Å². The maximum atomic E-state index is 12.3. The van der Waals surface area contributed by atoms with Crippen molar-refractivity contribution in [2.24, 2.45) is 0 Å². The van der Waals surface area contributed by atoms with Crippen molar-refractivity contribution in [2.75, 3.05) is 25.1 Å². The molecular formula is C20H23NO4. The van der Waals surface area contributed by atoms with Crippen molar-refractivity contribution in [3.63, 3.8) is 0 Å². The minimum Gasteiger partial charge on any atom is -0.494 e. The van der Waals surface area contributed by atoms with E-state index in [0.29, 0.717) is 18.8 Å². The second kappa shape index (κ2) is 8.53. The number of hydrogen-bond acceptors (Lipinski definition) is 4. The maximum absolute atomic E-state index is 12.3. The number of anilines is 1. The molecule has 0 radical (unpaired) electrons. The number of hydrogen-bond donors (Lipinski definition) is 1. The highest BCUT2D eigenvalue weighted by Crippen LogP contribution is 2.19. The van der Waals surface area contributed by atoms with E-state index in [1.807, 2.05) is 43.3 Å². The van der Waals surface area contributed by atoms with Gasteiger partial charge in [-0.2, -0.15) is 0 Å². The predicted octanol–water partition coefficient (Wildman–Crippen LogP) is 3.90. The Morgan fingerprint density at radius 2 is 1.76 bits per heavy atom. The molecule has 1 heterocycles. The van der Waals surface area contributed by atoms with Crippen LogP contribution in [0.1, 0.15) is 30.1 Å². The largest absolute Gasteiger partial charge is 0.494 e. The van der Waals surface area contributed by atoms with E-state index >= 15 is 0 Å². The van der Waals surface area contributed by atoms with E-state index in [1.165, 1.54) is 0 Å². The van der Waals surface area contributed by atoms with Gasteiger partial charge in [-0.3, -0.25) is 4.79 Å². The van der Waals surface area contributed by atoms with Crippen LogP contribution in [0, 0.1) is 0 Å². The van der Waals surface area contributed by atoms with Crippen molar-refractivity contribution in [1.82, 2.24) is 0 Å². The van der Waals surface area contributed by atoms with Crippen LogP contribution in [0.4, 0.5) is 5.69 Å². The predicted molar refractivity (Wildman–Crippen MR) is 96.5 cm³/mol. The van der Waals surface area contributed by atoms with E-state index in [9.17, 15) is 4.79 Å². The van der Waals surface area contributed by atoms with E-state index in [4.69, 9.17) is 14.2 Å². The average Bonchev–Trinajstić information content (AvgIpc) is 3.16. The molecule has 0 unspecified atom stereocenters. The zero-order chi connectivity index (χ0) is 17.5. The third-order valence-electron chi connectivity index (χ3n) is 4.00. The van der Waals surface area contributed by atoms with Gasteiger partial charge in [-0.15, -0.1) is 0 Å². The van der Waals surface area contributed by atoms with E-state index in [0.717, 1.165) is 36.6 Å². The van der Waals surface area contributed by atoms with Gasteiger partial charge in [0.05, 0.1) is 12.7 Å². The summed E-state index contributed by atoms with van der Waals surface area (Å²) in [4.78, 5) is 12.3. The summed E-state index contributed by atoms with van der Waals surface area (Å²) in [5, 5.41) is 2.87. The van der Waals surface area contributed by atoms with Gasteiger partial charge in [0.1, 0.15) is 18.1 Å². The molecule has 0 aromatic heterocycles. The molecule has 1 saturated heterocycles. The Morgan fingerprint density at radius 3 is 2.40 bits per heavy atom. The highest BCUT2D eigenvalue weighted by molar-refractivity contribution is 6.04. The fourth-order valence-electron chi connectivity index (χ4n) is 2.67. The average molecular weight is 341 g/mol. The molecule has 1 fully saturated rings. The maximum Gasteiger partial charge on any atom is 0.255 e. The van der Waals surface area contributed by atoms with E-state index < -0.39 is 0 Å². The molecule has 0 aliphatic carbocycles. The number of carbonyl (C=O) groups is 1. The van der Waals surface area contributed by atoms with E-state index in [1.54, 1.807) is 12.1 Å². The smallest absolute Gasteiger partial charge is 0.255 e. The normalized spacial score (nSPS) is 16.4. The van der Waals surface area contributed by atoms with E-state index in [-0.39, 0.29) is 12.0 Å². The first kappa shape index (κ1) is 17.3. The standard InChI is InChI=1S/C20H23NO4/c1-2-23-17-11-7-16(8-12-17)21-20(22)15-5-9-18(10-6-15)25-14-19-4-3-13-24-19/h5-12,19H,2-4,13-14H2,1H3,(H,21,22)/t19-/m1/s1. The van der Waals surface area contributed by atoms with Crippen molar-refractivity contribution in [2.45, 2.75) is 25.9 Å². The summed E-state index contributed by atoms with van der Waals surface area (Å²) in [5.74, 6) is 1.37. The molecule has 0 spiro atoms. The Kier molecular flexibility index (Phi) is 5.90. The van der Waals surface area contributed by atoms with Crippen molar-refractivity contribution >= 4 is 11.6 Å². The van der Waals surface area contributed by atoms with Crippen LogP contribution in [0.15, 0.2) is 48.5 Å². The molecule has 5 heteroatoms. The molecule has 132 valence electrons. The molecule has 1 aliphatic rings. The molecule has 0 saturated carbocycles. The van der Waals surface area contributed by atoms with Crippen molar-refractivity contribution in [3.05, 3.63) is 54.1 Å². The summed E-state index contributed by atoms with van der Waals surface area (Å²) in [7, 11) is 0. The van der Waals surface area contributed by atoms with Crippen LogP contribution in [-0.4, -0.2) is 31.8 Å². The Balaban J connectivity index is 1.52. The Morgan fingerprint density at radius 1 is 1.08 bits per heavy atom. The minimum atomic E-state index is -0.158. The second-order valence-electron chi connectivity index (χ2n) is 5.88. The van der Waals surface area contributed by atoms with Crippen LogP contribution in [0.3, 0.4) is 0 Å². The number of carbonyl (C=O) groups excluding carboxylic acids is 1. The number of amides is 1. The molecule has 3 rings (SSSR count). The van der Waals surface area contributed by atoms with Gasteiger partial charge in [0.25, 0.3) is 5.91 Å². The number of nitrogens with one attached hydrogen (secondary N) is 1. The zero-order valence-electron chi connectivity index (χ0n) is 14.4. The number of ether oxygens (including phenoxy) is 3. The Bertz CT molecular complexity index is 676. The molecule has 5 nitrogen and oxygen atoms in total. The van der Waals surface area contributed by atoms with Gasteiger partial charge in [0.15, 0.2) is 0 Å². The van der Waals surface area contributed by atoms with Crippen molar-refractivity contribution < 1.29 is 19.0 Å². The first-order valence-corrected chi connectivity index (χ1v) is 8.63. The highest BCUT2D eigenvalue weighted by atomic mass is 16.5. The first-order valence-electron chi connectivity index (χ1n) is 8.63. The van der Waals surface area contributed by atoms with Crippen LogP contribution in [0.25, 0.3) is 0 Å². The van der Waals surface area contributed by atoms with Gasteiger partial charge in [0.2, 0.25) is 0 Å². The lowest BCUT2D eigenvalue weighted by Gasteiger charge is -2.12. The lowest BCUT2D eigenvalue weighted by atomic mass is 10.2. The highest BCUT2D eigenvalue weighted by Gasteiger charge is 2.16. The minimum absolute atomic E-state index is 0.158. The molecule has 0 bridgehead atoms. The van der Waals surface area contributed by atoms with Gasteiger partial charge in [0, 0.05) is 17.9 Å². The summed E-state index contributed by atoms with van der Waals surface area (Å²) < 4.78 is 16.6. The van der Waals surface area contributed by atoms with Crippen molar-refractivity contribution in [3.8, 4) is 11.5 Å². The monoisotopic (exact) mass is 341 g/mol.